The van der Waals surface area contributed by atoms with Gasteiger partial charge in [-0.2, -0.15) is 0 Å². The maximum atomic E-state index is 10.4. The molecule has 2 saturated carbocycles. The largest absolute Gasteiger partial charge is 0.461 e. The monoisotopic (exact) mass is 198 g/mol. The van der Waals surface area contributed by atoms with Gasteiger partial charge in [-0.1, -0.05) is 12.8 Å². The summed E-state index contributed by atoms with van der Waals surface area (Å²) in [4.78, 5) is 10.4. The summed E-state index contributed by atoms with van der Waals surface area (Å²) in [6.07, 6.45) is 5.55. The van der Waals surface area contributed by atoms with E-state index in [0.717, 1.165) is 25.7 Å². The van der Waals surface area contributed by atoms with Crippen molar-refractivity contribution in [2.75, 3.05) is 0 Å². The minimum absolute atomic E-state index is 0.431. The van der Waals surface area contributed by atoms with Crippen LogP contribution in [-0.4, -0.2) is 22.8 Å². The summed E-state index contributed by atoms with van der Waals surface area (Å²) < 4.78 is 5.13. The Hall–Kier alpha value is -0.570. The fraction of sp³-hybridized carbons (Fsp3) is 0.909. The van der Waals surface area contributed by atoms with Crippen LogP contribution in [0.25, 0.3) is 0 Å². The van der Waals surface area contributed by atoms with Gasteiger partial charge in [0.05, 0.1) is 5.60 Å². The molecule has 0 aromatic heterocycles. The van der Waals surface area contributed by atoms with Crippen molar-refractivity contribution in [1.29, 1.82) is 0 Å². The van der Waals surface area contributed by atoms with Crippen molar-refractivity contribution >= 4 is 6.47 Å². The van der Waals surface area contributed by atoms with E-state index in [1.54, 1.807) is 0 Å². The fourth-order valence-electron chi connectivity index (χ4n) is 3.38. The molecule has 0 aromatic rings. The third-order valence-corrected chi connectivity index (χ3v) is 3.68. The Labute approximate surface area is 84.4 Å². The van der Waals surface area contributed by atoms with Gasteiger partial charge in [0.15, 0.2) is 0 Å². The molecule has 1 N–H and O–H groups in total. The molecule has 3 heteroatoms. The number of aliphatic hydroxyl groups is 1. The molecule has 0 amide bonds. The van der Waals surface area contributed by atoms with Gasteiger partial charge in [0.25, 0.3) is 6.47 Å². The number of carbonyl (C=O) groups excluding carboxylic acids is 1. The molecule has 14 heavy (non-hydrogen) atoms. The van der Waals surface area contributed by atoms with E-state index in [1.807, 2.05) is 6.92 Å². The molecule has 3 unspecified atom stereocenters. The molecule has 0 saturated heterocycles. The van der Waals surface area contributed by atoms with Crippen molar-refractivity contribution in [3.63, 3.8) is 0 Å². The third kappa shape index (κ3) is 1.78. The Morgan fingerprint density at radius 3 is 2.93 bits per heavy atom. The van der Waals surface area contributed by atoms with Gasteiger partial charge in [0.2, 0.25) is 0 Å². The van der Waals surface area contributed by atoms with Gasteiger partial charge in [-0.15, -0.1) is 0 Å². The molecule has 2 fully saturated rings. The van der Waals surface area contributed by atoms with Crippen LogP contribution in [0.15, 0.2) is 0 Å². The molecule has 2 aliphatic rings. The molecule has 80 valence electrons. The van der Waals surface area contributed by atoms with E-state index in [-0.39, 0.29) is 0 Å². The summed E-state index contributed by atoms with van der Waals surface area (Å²) in [5.74, 6) is 0.535. The van der Waals surface area contributed by atoms with E-state index in [2.05, 4.69) is 0 Å². The maximum Gasteiger partial charge on any atom is 0.293 e. The molecule has 2 bridgehead atoms. The zero-order chi connectivity index (χ0) is 10.2. The highest BCUT2D eigenvalue weighted by atomic mass is 16.5. The minimum Gasteiger partial charge on any atom is -0.461 e. The zero-order valence-corrected chi connectivity index (χ0v) is 8.66. The van der Waals surface area contributed by atoms with Gasteiger partial charge < -0.3 is 9.84 Å². The number of carbonyl (C=O) groups is 1. The van der Waals surface area contributed by atoms with Crippen LogP contribution in [0.2, 0.25) is 0 Å². The predicted molar refractivity (Wildman–Crippen MR) is 51.7 cm³/mol. The normalized spacial score (nSPS) is 47.1. The molecule has 0 aliphatic heterocycles. The van der Waals surface area contributed by atoms with Crippen LogP contribution in [-0.2, 0) is 9.53 Å². The third-order valence-electron chi connectivity index (χ3n) is 3.68. The highest BCUT2D eigenvalue weighted by Gasteiger charge is 2.48. The lowest BCUT2D eigenvalue weighted by Gasteiger charge is -2.48. The lowest BCUT2D eigenvalue weighted by atomic mass is 9.64. The number of hydrogen-bond donors (Lipinski definition) is 1. The first kappa shape index (κ1) is 9.97. The molecule has 0 heterocycles. The second-order valence-corrected chi connectivity index (χ2v) is 5.23. The Balaban J connectivity index is 2.13. The van der Waals surface area contributed by atoms with E-state index in [0.29, 0.717) is 18.8 Å². The molecule has 2 rings (SSSR count). The Morgan fingerprint density at radius 1 is 1.50 bits per heavy atom. The van der Waals surface area contributed by atoms with Gasteiger partial charge in [0.1, 0.15) is 5.60 Å². The first-order valence-corrected chi connectivity index (χ1v) is 5.39. The Kier molecular flexibility index (Phi) is 2.30. The molecule has 0 radical (unpaired) electrons. The molecule has 0 spiro atoms. The van der Waals surface area contributed by atoms with Gasteiger partial charge >= 0.3 is 0 Å². The lowest BCUT2D eigenvalue weighted by molar-refractivity contribution is -0.168. The van der Waals surface area contributed by atoms with Crippen molar-refractivity contribution in [3.8, 4) is 0 Å². The Morgan fingerprint density at radius 2 is 2.29 bits per heavy atom. The molecular weight excluding hydrogens is 180 g/mol. The highest BCUT2D eigenvalue weighted by molar-refractivity contribution is 5.38. The van der Waals surface area contributed by atoms with Crippen molar-refractivity contribution in [2.24, 2.45) is 5.92 Å². The van der Waals surface area contributed by atoms with E-state index in [9.17, 15) is 9.90 Å². The number of hydrogen-bond acceptors (Lipinski definition) is 3. The summed E-state index contributed by atoms with van der Waals surface area (Å²) in [5.41, 5.74) is -1.00. The highest BCUT2D eigenvalue weighted by Crippen LogP contribution is 2.47. The van der Waals surface area contributed by atoms with Crippen LogP contribution in [0.4, 0.5) is 0 Å². The van der Waals surface area contributed by atoms with Crippen molar-refractivity contribution in [3.05, 3.63) is 0 Å². The fourth-order valence-corrected chi connectivity index (χ4v) is 3.38. The lowest BCUT2D eigenvalue weighted by Crippen LogP contribution is -2.50. The number of ether oxygens (including phenoxy) is 1. The van der Waals surface area contributed by atoms with Crippen LogP contribution >= 0.6 is 0 Å². The van der Waals surface area contributed by atoms with Crippen molar-refractivity contribution in [2.45, 2.75) is 56.7 Å². The number of rotatable bonds is 2. The quantitative estimate of drug-likeness (QED) is 0.686. The summed E-state index contributed by atoms with van der Waals surface area (Å²) in [5, 5.41) is 10.3. The minimum atomic E-state index is -0.571. The maximum absolute atomic E-state index is 10.4. The predicted octanol–water partition coefficient (Wildman–Crippen LogP) is 1.63. The molecule has 3 nitrogen and oxygen atoms in total. The van der Waals surface area contributed by atoms with Crippen LogP contribution < -0.4 is 0 Å². The Bertz CT molecular complexity index is 241. The van der Waals surface area contributed by atoms with Gasteiger partial charge in [-0.25, -0.2) is 0 Å². The average molecular weight is 198 g/mol. The topological polar surface area (TPSA) is 46.5 Å². The van der Waals surface area contributed by atoms with Crippen LogP contribution in [0, 0.1) is 5.92 Å². The molecule has 3 atom stereocenters. The second kappa shape index (κ2) is 3.23. The molecular formula is C11H18O3. The summed E-state index contributed by atoms with van der Waals surface area (Å²) >= 11 is 0. The molecule has 0 aromatic carbocycles. The summed E-state index contributed by atoms with van der Waals surface area (Å²) in [6.45, 7) is 2.45. The van der Waals surface area contributed by atoms with E-state index in [4.69, 9.17) is 4.74 Å². The van der Waals surface area contributed by atoms with Crippen LogP contribution in [0.3, 0.4) is 0 Å². The SMILES string of the molecule is CC1(OC=O)CC2CCCC(O)(C2)C1. The van der Waals surface area contributed by atoms with Gasteiger partial charge in [-0.05, 0) is 32.1 Å². The van der Waals surface area contributed by atoms with Crippen molar-refractivity contribution in [1.82, 2.24) is 0 Å². The number of fused-ring (bicyclic) bond motifs is 2. The van der Waals surface area contributed by atoms with Gasteiger partial charge in [0, 0.05) is 6.42 Å². The van der Waals surface area contributed by atoms with E-state index in [1.165, 1.54) is 6.42 Å². The average Bonchev–Trinajstić information content (AvgIpc) is 2.00. The summed E-state index contributed by atoms with van der Waals surface area (Å²) in [7, 11) is 0. The van der Waals surface area contributed by atoms with Crippen LogP contribution in [0.1, 0.15) is 45.4 Å². The van der Waals surface area contributed by atoms with Crippen LogP contribution in [0.5, 0.6) is 0 Å². The second-order valence-electron chi connectivity index (χ2n) is 5.23. The zero-order valence-electron chi connectivity index (χ0n) is 8.66. The van der Waals surface area contributed by atoms with E-state index < -0.39 is 11.2 Å². The first-order chi connectivity index (χ1) is 6.55. The molecule has 2 aliphatic carbocycles. The smallest absolute Gasteiger partial charge is 0.293 e. The van der Waals surface area contributed by atoms with Gasteiger partial charge in [-0.3, -0.25) is 4.79 Å². The van der Waals surface area contributed by atoms with Crippen molar-refractivity contribution < 1.29 is 14.6 Å². The summed E-state index contributed by atoms with van der Waals surface area (Å²) in [6, 6.07) is 0. The van der Waals surface area contributed by atoms with E-state index >= 15 is 0 Å². The first-order valence-electron chi connectivity index (χ1n) is 5.39. The standard InChI is InChI=1S/C11H18O3/c1-10(14-8-12)5-9-3-2-4-11(13,6-9)7-10/h8-9,13H,2-7H2,1H3.